The summed E-state index contributed by atoms with van der Waals surface area (Å²) in [6, 6.07) is 0. The average molecular weight is 222 g/mol. The molecule has 52 valence electrons. The standard InChI is InChI=1S/C2H6O4S.4Na.4H/c1-2-6-7(3,4)5;;;;;;;;/h2H2,1H3,(H,3,4,5);;;;;;;;. The second kappa shape index (κ2) is 16.3. The van der Waals surface area contributed by atoms with Crippen LogP contribution in [0.3, 0.4) is 0 Å². The first-order chi connectivity index (χ1) is 3.06. The van der Waals surface area contributed by atoms with Crippen molar-refractivity contribution in [1.82, 2.24) is 0 Å². The number of rotatable bonds is 2. The zero-order valence-electron chi connectivity index (χ0n) is 3.79. The predicted octanol–water partition coefficient (Wildman–Crippen LogP) is -2.77. The van der Waals surface area contributed by atoms with Crippen LogP contribution in [0.4, 0.5) is 0 Å². The molecule has 0 atom stereocenters. The van der Waals surface area contributed by atoms with Crippen molar-refractivity contribution in [1.29, 1.82) is 0 Å². The van der Waals surface area contributed by atoms with Gasteiger partial charge in [0.05, 0.1) is 6.61 Å². The SMILES string of the molecule is CCOS(=O)(=O)O.[NaH].[NaH].[NaH].[NaH]. The van der Waals surface area contributed by atoms with Gasteiger partial charge in [0.15, 0.2) is 0 Å². The maximum absolute atomic E-state index is 9.56. The zero-order chi connectivity index (χ0) is 5.91. The van der Waals surface area contributed by atoms with Crippen molar-refractivity contribution in [3.8, 4) is 0 Å². The second-order valence-electron chi connectivity index (χ2n) is 0.834. The molecule has 0 radical (unpaired) electrons. The molecule has 0 unspecified atom stereocenters. The second-order valence-corrected chi connectivity index (χ2v) is 1.93. The predicted molar refractivity (Wildman–Crippen MR) is 51.8 cm³/mol. The molecule has 0 fully saturated rings. The molecule has 0 amide bonds. The molecule has 0 aromatic heterocycles. The van der Waals surface area contributed by atoms with E-state index in [4.69, 9.17) is 4.55 Å². The normalized spacial score (nSPS) is 7.45. The van der Waals surface area contributed by atoms with E-state index in [9.17, 15) is 8.42 Å². The van der Waals surface area contributed by atoms with Crippen LogP contribution in [0.5, 0.6) is 0 Å². The molecular formula is C2H10Na4O4S. The number of hydrogen-bond acceptors (Lipinski definition) is 3. The van der Waals surface area contributed by atoms with Crippen molar-refractivity contribution >= 4 is 129 Å². The van der Waals surface area contributed by atoms with E-state index in [1.54, 1.807) is 0 Å². The van der Waals surface area contributed by atoms with Crippen LogP contribution in [0.2, 0.25) is 0 Å². The first kappa shape index (κ1) is 29.4. The molecule has 0 saturated heterocycles. The Balaban J connectivity index is -0.0000000300. The van der Waals surface area contributed by atoms with Crippen LogP contribution >= 0.6 is 0 Å². The molecule has 0 spiro atoms. The molecule has 0 aromatic rings. The Morgan fingerprint density at radius 1 is 1.18 bits per heavy atom. The van der Waals surface area contributed by atoms with Gasteiger partial charge in [-0.3, -0.25) is 4.55 Å². The van der Waals surface area contributed by atoms with Crippen LogP contribution in [-0.2, 0) is 14.6 Å². The Labute approximate surface area is 156 Å². The van der Waals surface area contributed by atoms with Gasteiger partial charge in [-0.25, -0.2) is 4.18 Å². The summed E-state index contributed by atoms with van der Waals surface area (Å²) in [7, 11) is -4.17. The van der Waals surface area contributed by atoms with Gasteiger partial charge in [-0.05, 0) is 6.92 Å². The van der Waals surface area contributed by atoms with E-state index < -0.39 is 10.4 Å². The van der Waals surface area contributed by atoms with Crippen molar-refractivity contribution in [3.05, 3.63) is 0 Å². The van der Waals surface area contributed by atoms with Crippen LogP contribution < -0.4 is 0 Å². The Morgan fingerprint density at radius 2 is 1.45 bits per heavy atom. The van der Waals surface area contributed by atoms with Crippen LogP contribution in [0.25, 0.3) is 0 Å². The number of hydrogen-bond donors (Lipinski definition) is 1. The average Bonchev–Trinajstić information content (AvgIpc) is 1.30. The van der Waals surface area contributed by atoms with Gasteiger partial charge in [0.2, 0.25) is 0 Å². The Hall–Kier alpha value is 3.87. The molecule has 0 aliphatic carbocycles. The fraction of sp³-hybridized carbons (Fsp3) is 1.00. The van der Waals surface area contributed by atoms with Gasteiger partial charge in [0, 0.05) is 0 Å². The maximum atomic E-state index is 9.56. The van der Waals surface area contributed by atoms with E-state index in [0.29, 0.717) is 0 Å². The molecule has 1 N–H and O–H groups in total. The monoisotopic (exact) mass is 222 g/mol. The Bertz CT molecular complexity index is 133. The summed E-state index contributed by atoms with van der Waals surface area (Å²) >= 11 is 0. The Kier molecular flexibility index (Phi) is 43.5. The van der Waals surface area contributed by atoms with Crippen molar-refractivity contribution in [2.75, 3.05) is 6.61 Å². The van der Waals surface area contributed by atoms with Gasteiger partial charge in [0.25, 0.3) is 0 Å². The van der Waals surface area contributed by atoms with Gasteiger partial charge >= 0.3 is 129 Å². The quantitative estimate of drug-likeness (QED) is 0.406. The molecule has 0 bridgehead atoms. The first-order valence-electron chi connectivity index (χ1n) is 1.68. The van der Waals surface area contributed by atoms with E-state index in [1.807, 2.05) is 0 Å². The van der Waals surface area contributed by atoms with Crippen LogP contribution in [0.1, 0.15) is 6.92 Å². The van der Waals surface area contributed by atoms with Crippen molar-refractivity contribution in [2.45, 2.75) is 6.92 Å². The van der Waals surface area contributed by atoms with Crippen molar-refractivity contribution in [2.24, 2.45) is 0 Å². The molecule has 0 saturated carbocycles. The van der Waals surface area contributed by atoms with Gasteiger partial charge in [-0.1, -0.05) is 0 Å². The molecule has 0 heterocycles. The minimum absolute atomic E-state index is 0. The van der Waals surface area contributed by atoms with E-state index in [2.05, 4.69) is 4.18 Å². The minimum atomic E-state index is -4.17. The van der Waals surface area contributed by atoms with Gasteiger partial charge in [-0.2, -0.15) is 8.42 Å². The summed E-state index contributed by atoms with van der Waals surface area (Å²) in [5.74, 6) is 0. The third-order valence-electron chi connectivity index (χ3n) is 0.267. The van der Waals surface area contributed by atoms with Crippen LogP contribution in [0.15, 0.2) is 0 Å². The van der Waals surface area contributed by atoms with E-state index in [-0.39, 0.29) is 125 Å². The van der Waals surface area contributed by atoms with Crippen molar-refractivity contribution < 1.29 is 17.2 Å². The van der Waals surface area contributed by atoms with Crippen molar-refractivity contribution in [3.63, 3.8) is 0 Å². The van der Waals surface area contributed by atoms with Crippen LogP contribution in [0, 0.1) is 0 Å². The summed E-state index contributed by atoms with van der Waals surface area (Å²) in [4.78, 5) is 0. The molecule has 0 aliphatic rings. The van der Waals surface area contributed by atoms with E-state index in [1.165, 1.54) is 6.92 Å². The molecule has 4 nitrogen and oxygen atoms in total. The summed E-state index contributed by atoms with van der Waals surface area (Å²) in [5.41, 5.74) is 0. The molecule has 9 heteroatoms. The topological polar surface area (TPSA) is 63.6 Å². The fourth-order valence-electron chi connectivity index (χ4n) is 0.149. The summed E-state index contributed by atoms with van der Waals surface area (Å²) in [6.07, 6.45) is 0. The third kappa shape index (κ3) is 31.6. The Morgan fingerprint density at radius 3 is 1.45 bits per heavy atom. The summed E-state index contributed by atoms with van der Waals surface area (Å²) in [6.45, 7) is 1.44. The van der Waals surface area contributed by atoms with Crippen LogP contribution in [-0.4, -0.2) is 138 Å². The van der Waals surface area contributed by atoms with E-state index >= 15 is 0 Å². The summed E-state index contributed by atoms with van der Waals surface area (Å²) < 4.78 is 30.7. The molecular weight excluding hydrogens is 212 g/mol. The summed E-state index contributed by atoms with van der Waals surface area (Å²) in [5, 5.41) is 0. The third-order valence-corrected chi connectivity index (χ3v) is 0.800. The molecule has 11 heavy (non-hydrogen) atoms. The van der Waals surface area contributed by atoms with E-state index in [0.717, 1.165) is 0 Å². The molecule has 0 rings (SSSR count). The van der Waals surface area contributed by atoms with Gasteiger partial charge in [-0.15, -0.1) is 0 Å². The molecule has 0 aliphatic heterocycles. The molecule has 0 aromatic carbocycles. The van der Waals surface area contributed by atoms with Gasteiger partial charge in [0.1, 0.15) is 0 Å². The van der Waals surface area contributed by atoms with Gasteiger partial charge < -0.3 is 0 Å². The fourth-order valence-corrected chi connectivity index (χ4v) is 0.447. The first-order valence-corrected chi connectivity index (χ1v) is 3.04. The zero-order valence-corrected chi connectivity index (χ0v) is 4.60.